The van der Waals surface area contributed by atoms with Crippen LogP contribution in [-0.4, -0.2) is 0 Å². The Kier molecular flexibility index (Phi) is 6.75. The van der Waals surface area contributed by atoms with Gasteiger partial charge < -0.3 is 0 Å². The van der Waals surface area contributed by atoms with Gasteiger partial charge >= 0.3 is 250 Å². The van der Waals surface area contributed by atoms with Gasteiger partial charge in [-0.05, 0) is 0 Å². The van der Waals surface area contributed by atoms with Gasteiger partial charge in [0.05, 0.1) is 0 Å². The van der Waals surface area contributed by atoms with E-state index in [-0.39, 0.29) is 0 Å². The first-order valence-electron chi connectivity index (χ1n) is 14.1. The molecule has 0 bridgehead atoms. The summed E-state index contributed by atoms with van der Waals surface area (Å²) in [5.74, 6) is 0. The molecule has 6 heteroatoms. The van der Waals surface area contributed by atoms with E-state index in [1.54, 1.807) is 0 Å². The third kappa shape index (κ3) is 3.69. The summed E-state index contributed by atoms with van der Waals surface area (Å²) in [5.41, 5.74) is 0. The van der Waals surface area contributed by atoms with Gasteiger partial charge in [-0.15, -0.1) is 0 Å². The first-order chi connectivity index (χ1) is 20.7. The van der Waals surface area contributed by atoms with Crippen molar-refractivity contribution in [3.05, 3.63) is 182 Å². The van der Waals surface area contributed by atoms with Crippen LogP contribution in [0, 0.1) is 0 Å². The van der Waals surface area contributed by atoms with Gasteiger partial charge in [0.1, 0.15) is 0 Å². The van der Waals surface area contributed by atoms with Crippen molar-refractivity contribution in [2.75, 3.05) is 0 Å². The molecule has 7 rings (SSSR count). The molecule has 2 N–H and O–H groups in total. The van der Waals surface area contributed by atoms with Crippen LogP contribution in [0.2, 0.25) is 0 Å². The van der Waals surface area contributed by atoms with Crippen LogP contribution in [0.3, 0.4) is 0 Å². The fraction of sp³-hybridized carbons (Fsp3) is 0. The molecule has 0 saturated heterocycles. The van der Waals surface area contributed by atoms with E-state index in [1.165, 1.54) is 31.8 Å². The predicted molar refractivity (Wildman–Crippen MR) is 186 cm³/mol. The number of hydrogen-bond acceptors (Lipinski definition) is 3. The molecule has 1 aliphatic rings. The summed E-state index contributed by atoms with van der Waals surface area (Å²) in [4.78, 5) is 8.82. The van der Waals surface area contributed by atoms with Crippen LogP contribution in [0.4, 0.5) is 0 Å². The average molecular weight is 600 g/mol. The van der Waals surface area contributed by atoms with Crippen molar-refractivity contribution >= 4 is 54.2 Å². The zero-order valence-corrected chi connectivity index (χ0v) is 25.8. The van der Waals surface area contributed by atoms with Crippen LogP contribution in [0.5, 0.6) is 0 Å². The Bertz CT molecular complexity index is 1640. The number of hydrogen-bond donors (Lipinski definition) is 2. The Morgan fingerprint density at radius 2 is 0.619 bits per heavy atom. The maximum absolute atomic E-state index is 5.83. The summed E-state index contributed by atoms with van der Waals surface area (Å²) in [6.07, 6.45) is 0. The molecule has 0 aliphatic carbocycles. The molecule has 0 atom stereocenters. The van der Waals surface area contributed by atoms with Crippen LogP contribution in [0.1, 0.15) is 0 Å². The maximum atomic E-state index is 5.83. The Morgan fingerprint density at radius 3 is 0.905 bits per heavy atom. The Hall–Kier alpha value is -3.80. The molecule has 0 unspecified atom stereocenters. The van der Waals surface area contributed by atoms with Gasteiger partial charge in [-0.1, -0.05) is 0 Å². The molecule has 0 spiro atoms. The Labute approximate surface area is 249 Å². The van der Waals surface area contributed by atoms with Gasteiger partial charge in [0, 0.05) is 0 Å². The fourth-order valence-electron chi connectivity index (χ4n) is 6.53. The minimum absolute atomic E-state index is 0.816. The van der Waals surface area contributed by atoms with Gasteiger partial charge in [-0.25, -0.2) is 0 Å². The summed E-state index contributed by atoms with van der Waals surface area (Å²) in [7, 11) is 0.816. The zero-order valence-electron chi connectivity index (χ0n) is 23.1. The zero-order chi connectivity index (χ0) is 28.4. The van der Waals surface area contributed by atoms with Gasteiger partial charge in [0.2, 0.25) is 0 Å². The second kappa shape index (κ2) is 10.5. The molecule has 206 valence electrons. The van der Waals surface area contributed by atoms with Crippen molar-refractivity contribution in [3.8, 4) is 0 Å². The van der Waals surface area contributed by atoms with Crippen LogP contribution in [-0.2, 0) is 0 Å². The molecule has 3 nitrogen and oxygen atoms in total. The minimum atomic E-state index is -3.80. The van der Waals surface area contributed by atoms with Crippen molar-refractivity contribution in [3.63, 3.8) is 0 Å². The second-order valence-electron chi connectivity index (χ2n) is 10.6. The topological polar surface area (TPSA) is 36.4 Å². The quantitative estimate of drug-likeness (QED) is 0.204. The molecule has 42 heavy (non-hydrogen) atoms. The third-order valence-electron chi connectivity index (χ3n) is 8.46. The van der Waals surface area contributed by atoms with Gasteiger partial charge in [0.25, 0.3) is 0 Å². The summed E-state index contributed by atoms with van der Waals surface area (Å²) >= 11 is 0. The third-order valence-corrected chi connectivity index (χ3v) is 23.3. The van der Waals surface area contributed by atoms with E-state index < -0.39 is 13.8 Å². The van der Waals surface area contributed by atoms with E-state index in [2.05, 4.69) is 192 Å². The Morgan fingerprint density at radius 1 is 0.357 bits per heavy atom. The van der Waals surface area contributed by atoms with Crippen molar-refractivity contribution < 1.29 is 0 Å². The SMILES string of the molecule is c1ccc(P2(c3ccccc3)(c3ccccc3)N=PNP(c3ccccc3)(c3ccccc3)(c3ccccc3)N2)cc1. The van der Waals surface area contributed by atoms with Crippen LogP contribution in [0.25, 0.3) is 0 Å². The molecule has 1 heterocycles. The van der Waals surface area contributed by atoms with Crippen molar-refractivity contribution in [2.24, 2.45) is 4.52 Å². The van der Waals surface area contributed by atoms with Gasteiger partial charge in [-0.2, -0.15) is 0 Å². The Balaban J connectivity index is 1.76. The van der Waals surface area contributed by atoms with Crippen molar-refractivity contribution in [1.29, 1.82) is 0 Å². The molecular formula is C36H32N3P3. The molecular weight excluding hydrogens is 567 g/mol. The molecule has 0 saturated carbocycles. The summed E-state index contributed by atoms with van der Waals surface area (Å²) in [6, 6.07) is 65.7. The van der Waals surface area contributed by atoms with Crippen LogP contribution >= 0.6 is 22.3 Å². The van der Waals surface area contributed by atoms with Crippen LogP contribution < -0.4 is 41.5 Å². The molecule has 1 aliphatic heterocycles. The van der Waals surface area contributed by atoms with Gasteiger partial charge in [0.15, 0.2) is 0 Å². The van der Waals surface area contributed by atoms with Crippen LogP contribution in [0.15, 0.2) is 187 Å². The van der Waals surface area contributed by atoms with E-state index in [9.17, 15) is 0 Å². The van der Waals surface area contributed by atoms with E-state index in [0.29, 0.717) is 0 Å². The summed E-state index contributed by atoms with van der Waals surface area (Å²) in [5, 5.41) is 7.23. The van der Waals surface area contributed by atoms with E-state index in [1.807, 2.05) is 0 Å². The number of nitrogens with zero attached hydrogens (tertiary/aromatic N) is 1. The normalized spacial score (nSPS) is 20.1. The molecule has 0 aromatic heterocycles. The number of benzene rings is 6. The van der Waals surface area contributed by atoms with E-state index >= 15 is 0 Å². The number of nitrogens with one attached hydrogen (secondary N) is 2. The molecule has 6 aromatic rings. The standard InChI is InChI=1S/C36H32N3P3/c1-7-19-31(20-8-1)41(32-21-9-2-10-22-32,33-23-11-3-12-24-33)37-40-38-42(39-41,34-25-13-4-14-26-34,35-27-15-5-16-28-35)36-29-17-6-18-30-36/h1-30,39H,(H,37,38). The molecule has 0 fully saturated rings. The molecule has 0 radical (unpaired) electrons. The summed E-state index contributed by atoms with van der Waals surface area (Å²) in [6.45, 7) is -7.50. The predicted octanol–water partition coefficient (Wildman–Crippen LogP) is 6.94. The van der Waals surface area contributed by atoms with Gasteiger partial charge in [-0.3, -0.25) is 0 Å². The molecule has 6 aromatic carbocycles. The fourth-order valence-corrected chi connectivity index (χ4v) is 24.4. The number of rotatable bonds is 6. The second-order valence-corrected chi connectivity index (χ2v) is 20.6. The first-order valence-corrected chi connectivity index (χ1v) is 19.4. The first kappa shape index (κ1) is 27.1. The van der Waals surface area contributed by atoms with Crippen molar-refractivity contribution in [2.45, 2.75) is 0 Å². The monoisotopic (exact) mass is 599 g/mol. The average Bonchev–Trinajstić information content (AvgIpc) is 3.11. The van der Waals surface area contributed by atoms with Crippen molar-refractivity contribution in [1.82, 2.24) is 9.72 Å². The molecule has 0 amide bonds. The summed E-state index contributed by atoms with van der Waals surface area (Å²) < 4.78 is 5.83. The van der Waals surface area contributed by atoms with E-state index in [0.717, 1.165) is 8.52 Å². The van der Waals surface area contributed by atoms with E-state index in [4.69, 9.17) is 4.52 Å².